The number of carboxylic acids is 1. The molecular formula is C18H25NO2S. The summed E-state index contributed by atoms with van der Waals surface area (Å²) in [5, 5.41) is 9.52. The summed E-state index contributed by atoms with van der Waals surface area (Å²) in [7, 11) is 0. The summed E-state index contributed by atoms with van der Waals surface area (Å²) < 4.78 is 0. The highest BCUT2D eigenvalue weighted by Gasteiger charge is 2.44. The average molecular weight is 319 g/mol. The second kappa shape index (κ2) is 7.51. The summed E-state index contributed by atoms with van der Waals surface area (Å²) in [5.74, 6) is 2.03. The maximum Gasteiger partial charge on any atom is 0.320 e. The fraction of sp³-hybridized carbons (Fsp3) is 0.611. The Morgan fingerprint density at radius 2 is 2.00 bits per heavy atom. The number of aliphatic carboxylic acids is 1. The van der Waals surface area contributed by atoms with E-state index in [1.54, 1.807) is 0 Å². The molecule has 0 radical (unpaired) electrons. The quantitative estimate of drug-likeness (QED) is 0.813. The van der Waals surface area contributed by atoms with Crippen LogP contribution in [0.25, 0.3) is 0 Å². The largest absolute Gasteiger partial charge is 0.480 e. The van der Waals surface area contributed by atoms with Crippen molar-refractivity contribution in [2.24, 2.45) is 5.92 Å². The SMILES string of the molecule is O=C(O)C1CC2CCCCC2N1CCSCc1ccccc1. The lowest BCUT2D eigenvalue weighted by Gasteiger charge is -2.32. The molecule has 0 spiro atoms. The van der Waals surface area contributed by atoms with Gasteiger partial charge in [0.25, 0.3) is 0 Å². The highest BCUT2D eigenvalue weighted by Crippen LogP contribution is 2.39. The molecule has 3 atom stereocenters. The summed E-state index contributed by atoms with van der Waals surface area (Å²) in [4.78, 5) is 13.9. The van der Waals surface area contributed by atoms with E-state index >= 15 is 0 Å². The van der Waals surface area contributed by atoms with E-state index in [1.165, 1.54) is 31.2 Å². The number of benzene rings is 1. The Labute approximate surface area is 137 Å². The summed E-state index contributed by atoms with van der Waals surface area (Å²) in [5.41, 5.74) is 1.35. The molecule has 3 rings (SSSR count). The van der Waals surface area contributed by atoms with Crippen LogP contribution in [0.15, 0.2) is 30.3 Å². The molecule has 4 heteroatoms. The van der Waals surface area contributed by atoms with E-state index in [9.17, 15) is 9.90 Å². The van der Waals surface area contributed by atoms with Gasteiger partial charge in [-0.15, -0.1) is 0 Å². The van der Waals surface area contributed by atoms with Gasteiger partial charge in [0.05, 0.1) is 0 Å². The monoisotopic (exact) mass is 319 g/mol. The van der Waals surface area contributed by atoms with Gasteiger partial charge in [-0.2, -0.15) is 11.8 Å². The number of likely N-dealkylation sites (tertiary alicyclic amines) is 1. The van der Waals surface area contributed by atoms with Gasteiger partial charge < -0.3 is 5.11 Å². The van der Waals surface area contributed by atoms with Crippen molar-refractivity contribution in [2.45, 2.75) is 49.9 Å². The number of nitrogens with zero attached hydrogens (tertiary/aromatic N) is 1. The molecule has 1 saturated heterocycles. The van der Waals surface area contributed by atoms with Crippen molar-refractivity contribution in [3.05, 3.63) is 35.9 Å². The van der Waals surface area contributed by atoms with E-state index in [2.05, 4.69) is 29.2 Å². The van der Waals surface area contributed by atoms with Crippen LogP contribution in [0, 0.1) is 5.92 Å². The lowest BCUT2D eigenvalue weighted by Crippen LogP contribution is -2.43. The van der Waals surface area contributed by atoms with E-state index in [0.29, 0.717) is 12.0 Å². The second-order valence-electron chi connectivity index (χ2n) is 6.48. The number of thioether (sulfide) groups is 1. The lowest BCUT2D eigenvalue weighted by molar-refractivity contribution is -0.142. The number of carbonyl (C=O) groups is 1. The molecule has 0 amide bonds. The molecule has 1 aromatic carbocycles. The minimum atomic E-state index is -0.623. The summed E-state index contributed by atoms with van der Waals surface area (Å²) in [6.45, 7) is 0.912. The molecular weight excluding hydrogens is 294 g/mol. The zero-order valence-corrected chi connectivity index (χ0v) is 13.8. The Morgan fingerprint density at radius 1 is 1.23 bits per heavy atom. The Balaban J connectivity index is 1.51. The predicted octanol–water partition coefficient (Wildman–Crippen LogP) is 3.64. The van der Waals surface area contributed by atoms with Crippen LogP contribution in [0.1, 0.15) is 37.7 Å². The third kappa shape index (κ3) is 3.66. The molecule has 3 unspecified atom stereocenters. The van der Waals surface area contributed by atoms with Crippen LogP contribution in [-0.4, -0.2) is 40.4 Å². The van der Waals surface area contributed by atoms with Crippen LogP contribution in [0.3, 0.4) is 0 Å². The molecule has 22 heavy (non-hydrogen) atoms. The molecule has 2 fully saturated rings. The maximum atomic E-state index is 11.6. The van der Waals surface area contributed by atoms with Gasteiger partial charge in [0.2, 0.25) is 0 Å². The average Bonchev–Trinajstić information content (AvgIpc) is 2.92. The van der Waals surface area contributed by atoms with E-state index in [4.69, 9.17) is 0 Å². The molecule has 120 valence electrons. The smallest absolute Gasteiger partial charge is 0.320 e. The van der Waals surface area contributed by atoms with Crippen molar-refractivity contribution in [2.75, 3.05) is 12.3 Å². The fourth-order valence-corrected chi connectivity index (χ4v) is 4.96. The Bertz CT molecular complexity index is 493. The summed E-state index contributed by atoms with van der Waals surface area (Å²) >= 11 is 1.91. The maximum absolute atomic E-state index is 11.6. The highest BCUT2D eigenvalue weighted by atomic mass is 32.2. The third-order valence-corrected chi connectivity index (χ3v) is 6.12. The minimum Gasteiger partial charge on any atom is -0.480 e. The number of hydrogen-bond acceptors (Lipinski definition) is 3. The summed E-state index contributed by atoms with van der Waals surface area (Å²) in [6, 6.07) is 10.8. The van der Waals surface area contributed by atoms with E-state index < -0.39 is 5.97 Å². The first kappa shape index (κ1) is 15.9. The molecule has 1 N–H and O–H groups in total. The molecule has 2 aliphatic rings. The van der Waals surface area contributed by atoms with Crippen LogP contribution in [-0.2, 0) is 10.5 Å². The van der Waals surface area contributed by atoms with Crippen LogP contribution >= 0.6 is 11.8 Å². The Morgan fingerprint density at radius 3 is 2.77 bits per heavy atom. The molecule has 1 aromatic rings. The molecule has 1 saturated carbocycles. The van der Waals surface area contributed by atoms with Crippen LogP contribution in [0.5, 0.6) is 0 Å². The van der Waals surface area contributed by atoms with Crippen LogP contribution in [0.4, 0.5) is 0 Å². The highest BCUT2D eigenvalue weighted by molar-refractivity contribution is 7.98. The van der Waals surface area contributed by atoms with Gasteiger partial charge in [-0.1, -0.05) is 43.2 Å². The molecule has 1 aliphatic heterocycles. The van der Waals surface area contributed by atoms with Gasteiger partial charge in [-0.05, 0) is 30.7 Å². The minimum absolute atomic E-state index is 0.245. The topological polar surface area (TPSA) is 40.5 Å². The van der Waals surface area contributed by atoms with Gasteiger partial charge in [-0.25, -0.2) is 0 Å². The van der Waals surface area contributed by atoms with E-state index in [0.717, 1.165) is 24.5 Å². The number of rotatable bonds is 6. The lowest BCUT2D eigenvalue weighted by atomic mass is 9.85. The van der Waals surface area contributed by atoms with Crippen molar-refractivity contribution in [1.29, 1.82) is 0 Å². The van der Waals surface area contributed by atoms with E-state index in [1.807, 2.05) is 17.8 Å². The summed E-state index contributed by atoms with van der Waals surface area (Å²) in [6.07, 6.45) is 5.83. The molecule has 0 bridgehead atoms. The Hall–Kier alpha value is -1.00. The van der Waals surface area contributed by atoms with Crippen molar-refractivity contribution in [3.8, 4) is 0 Å². The van der Waals surface area contributed by atoms with E-state index in [-0.39, 0.29) is 6.04 Å². The van der Waals surface area contributed by atoms with Gasteiger partial charge in [0.15, 0.2) is 0 Å². The van der Waals surface area contributed by atoms with Crippen molar-refractivity contribution >= 4 is 17.7 Å². The predicted molar refractivity (Wildman–Crippen MR) is 91.1 cm³/mol. The van der Waals surface area contributed by atoms with Gasteiger partial charge in [-0.3, -0.25) is 9.69 Å². The van der Waals surface area contributed by atoms with Crippen LogP contribution < -0.4 is 0 Å². The molecule has 3 nitrogen and oxygen atoms in total. The number of fused-ring (bicyclic) bond motifs is 1. The molecule has 1 heterocycles. The molecule has 1 aliphatic carbocycles. The first-order valence-electron chi connectivity index (χ1n) is 8.36. The second-order valence-corrected chi connectivity index (χ2v) is 7.58. The van der Waals surface area contributed by atoms with Crippen molar-refractivity contribution in [3.63, 3.8) is 0 Å². The van der Waals surface area contributed by atoms with Gasteiger partial charge >= 0.3 is 5.97 Å². The first-order chi connectivity index (χ1) is 10.8. The zero-order valence-electron chi connectivity index (χ0n) is 13.0. The van der Waals surface area contributed by atoms with Gasteiger partial charge in [0, 0.05) is 24.1 Å². The van der Waals surface area contributed by atoms with Crippen LogP contribution in [0.2, 0.25) is 0 Å². The van der Waals surface area contributed by atoms with Crippen molar-refractivity contribution in [1.82, 2.24) is 4.90 Å². The first-order valence-corrected chi connectivity index (χ1v) is 9.51. The number of carboxylic acid groups (broad SMARTS) is 1. The molecule has 0 aromatic heterocycles. The number of hydrogen-bond donors (Lipinski definition) is 1. The third-order valence-electron chi connectivity index (χ3n) is 5.11. The Kier molecular flexibility index (Phi) is 5.42. The standard InChI is InChI=1S/C18H25NO2S/c20-18(21)17-12-15-8-4-5-9-16(15)19(17)10-11-22-13-14-6-2-1-3-7-14/h1-3,6-7,15-17H,4-5,8-13H2,(H,20,21). The van der Waals surface area contributed by atoms with Crippen molar-refractivity contribution < 1.29 is 9.90 Å². The zero-order chi connectivity index (χ0) is 15.4. The normalized spacial score (nSPS) is 28.5. The fourth-order valence-electron chi connectivity index (χ4n) is 4.05. The van der Waals surface area contributed by atoms with Gasteiger partial charge in [0.1, 0.15) is 6.04 Å².